The van der Waals surface area contributed by atoms with Crippen LogP contribution < -0.4 is 10.2 Å². The van der Waals surface area contributed by atoms with E-state index in [1.54, 1.807) is 18.5 Å². The van der Waals surface area contributed by atoms with Gasteiger partial charge in [0.2, 0.25) is 5.96 Å². The first-order valence-electron chi connectivity index (χ1n) is 9.85. The number of carboxylic acid groups (broad SMARTS) is 1. The molecule has 1 aliphatic rings. The zero-order valence-corrected chi connectivity index (χ0v) is 17.2. The van der Waals surface area contributed by atoms with Gasteiger partial charge in [-0.3, -0.25) is 5.32 Å². The molecule has 0 amide bonds. The average molecular weight is 418 g/mol. The lowest BCUT2D eigenvalue weighted by Crippen LogP contribution is -2.56. The molecule has 0 radical (unpaired) electrons. The van der Waals surface area contributed by atoms with Gasteiger partial charge in [-0.05, 0) is 37.6 Å². The van der Waals surface area contributed by atoms with Gasteiger partial charge in [0.05, 0.1) is 16.6 Å². The highest BCUT2D eigenvalue weighted by Gasteiger charge is 2.28. The molecular formula is C21H22N8O2. The van der Waals surface area contributed by atoms with Crippen LogP contribution in [-0.2, 0) is 0 Å². The zero-order valence-electron chi connectivity index (χ0n) is 17.2. The lowest BCUT2D eigenvalue weighted by Gasteiger charge is -2.41. The Labute approximate surface area is 178 Å². The van der Waals surface area contributed by atoms with Crippen molar-refractivity contribution < 1.29 is 9.90 Å². The maximum absolute atomic E-state index is 11.2. The molecule has 1 saturated heterocycles. The van der Waals surface area contributed by atoms with Gasteiger partial charge in [0.25, 0.3) is 0 Å². The molecule has 158 valence electrons. The van der Waals surface area contributed by atoms with E-state index >= 15 is 0 Å². The van der Waals surface area contributed by atoms with Crippen molar-refractivity contribution in [2.45, 2.75) is 19.9 Å². The first-order chi connectivity index (χ1) is 15.0. The van der Waals surface area contributed by atoms with E-state index in [-0.39, 0.29) is 11.6 Å². The number of hydrogen-bond acceptors (Lipinski definition) is 6. The third-order valence-corrected chi connectivity index (χ3v) is 5.34. The SMILES string of the molecule is Cc1c[nH]c2ncnc(N3CCN(C(=Nc4cccc(C(=O)O)c4)NC#N)[C@@H](C)C3)c12. The van der Waals surface area contributed by atoms with Crippen molar-refractivity contribution in [3.05, 3.63) is 47.9 Å². The molecule has 1 fully saturated rings. The third-order valence-electron chi connectivity index (χ3n) is 5.34. The molecule has 4 rings (SSSR count). The molecule has 3 aromatic rings. The molecule has 10 heteroatoms. The van der Waals surface area contributed by atoms with E-state index in [2.05, 4.69) is 37.1 Å². The summed E-state index contributed by atoms with van der Waals surface area (Å²) in [6, 6.07) is 6.35. The van der Waals surface area contributed by atoms with Crippen molar-refractivity contribution in [2.24, 2.45) is 4.99 Å². The minimum absolute atomic E-state index is 0.0280. The van der Waals surface area contributed by atoms with Crippen LogP contribution in [0.15, 0.2) is 41.8 Å². The van der Waals surface area contributed by atoms with Crippen molar-refractivity contribution in [2.75, 3.05) is 24.5 Å². The zero-order chi connectivity index (χ0) is 22.0. The average Bonchev–Trinajstić information content (AvgIpc) is 3.15. The number of carbonyl (C=O) groups is 1. The Morgan fingerprint density at radius 2 is 2.23 bits per heavy atom. The Morgan fingerprint density at radius 3 is 2.97 bits per heavy atom. The highest BCUT2D eigenvalue weighted by Crippen LogP contribution is 2.27. The Kier molecular flexibility index (Phi) is 5.41. The molecule has 10 nitrogen and oxygen atoms in total. The van der Waals surface area contributed by atoms with Crippen LogP contribution in [0.5, 0.6) is 0 Å². The summed E-state index contributed by atoms with van der Waals surface area (Å²) in [5.41, 5.74) is 2.51. The standard InChI is InChI=1S/C21H22N8O2/c1-13-9-23-18-17(13)19(26-12-25-18)28-6-7-29(14(2)10-28)21(24-11-22)27-16-5-3-4-15(8-16)20(30)31/h3-5,8-9,12,14H,6-7,10H2,1-2H3,(H,24,27)(H,30,31)(H,23,25,26)/t14-/m0/s1. The Hall–Kier alpha value is -4.13. The van der Waals surface area contributed by atoms with E-state index in [1.807, 2.05) is 24.2 Å². The fourth-order valence-corrected chi connectivity index (χ4v) is 3.85. The fourth-order valence-electron chi connectivity index (χ4n) is 3.85. The van der Waals surface area contributed by atoms with Gasteiger partial charge in [-0.15, -0.1) is 0 Å². The van der Waals surface area contributed by atoms with Crippen LogP contribution in [-0.4, -0.2) is 62.6 Å². The summed E-state index contributed by atoms with van der Waals surface area (Å²) < 4.78 is 0. The molecule has 1 aromatic carbocycles. The lowest BCUT2D eigenvalue weighted by molar-refractivity contribution is 0.0697. The number of hydrogen-bond donors (Lipinski definition) is 3. The van der Waals surface area contributed by atoms with Gasteiger partial charge in [0.15, 0.2) is 6.19 Å². The van der Waals surface area contributed by atoms with Crippen LogP contribution in [0.1, 0.15) is 22.8 Å². The highest BCUT2D eigenvalue weighted by molar-refractivity contribution is 5.91. The number of carboxylic acids is 1. The highest BCUT2D eigenvalue weighted by atomic mass is 16.4. The summed E-state index contributed by atoms with van der Waals surface area (Å²) in [4.78, 5) is 32.0. The molecular weight excluding hydrogens is 396 g/mol. The molecule has 3 heterocycles. The molecule has 0 bridgehead atoms. The number of aliphatic imine (C=N–C) groups is 1. The summed E-state index contributed by atoms with van der Waals surface area (Å²) in [6.07, 6.45) is 5.42. The topological polar surface area (TPSA) is 134 Å². The van der Waals surface area contributed by atoms with Crippen molar-refractivity contribution in [1.82, 2.24) is 25.2 Å². The van der Waals surface area contributed by atoms with Crippen LogP contribution >= 0.6 is 0 Å². The van der Waals surface area contributed by atoms with E-state index < -0.39 is 5.97 Å². The van der Waals surface area contributed by atoms with E-state index in [1.165, 1.54) is 12.1 Å². The Bertz CT molecular complexity index is 1200. The van der Waals surface area contributed by atoms with Crippen LogP contribution in [0.4, 0.5) is 11.5 Å². The molecule has 31 heavy (non-hydrogen) atoms. The predicted molar refractivity (Wildman–Crippen MR) is 116 cm³/mol. The largest absolute Gasteiger partial charge is 0.478 e. The number of aromatic carboxylic acids is 1. The normalized spacial score (nSPS) is 16.9. The van der Waals surface area contributed by atoms with E-state index in [4.69, 9.17) is 0 Å². The molecule has 0 aliphatic carbocycles. The number of rotatable bonds is 3. The van der Waals surface area contributed by atoms with Crippen LogP contribution in [0.25, 0.3) is 11.0 Å². The maximum Gasteiger partial charge on any atom is 0.335 e. The van der Waals surface area contributed by atoms with E-state index in [0.29, 0.717) is 31.3 Å². The number of nitrogens with one attached hydrogen (secondary N) is 2. The second-order valence-electron chi connectivity index (χ2n) is 7.41. The number of anilines is 1. The Morgan fingerprint density at radius 1 is 1.39 bits per heavy atom. The molecule has 0 spiro atoms. The van der Waals surface area contributed by atoms with Gasteiger partial charge in [-0.2, -0.15) is 5.26 Å². The molecule has 0 unspecified atom stereocenters. The maximum atomic E-state index is 11.2. The van der Waals surface area contributed by atoms with E-state index in [9.17, 15) is 15.2 Å². The predicted octanol–water partition coefficient (Wildman–Crippen LogP) is 2.23. The molecule has 3 N–H and O–H groups in total. The van der Waals surface area contributed by atoms with Crippen molar-refractivity contribution in [3.8, 4) is 6.19 Å². The minimum atomic E-state index is -1.02. The van der Waals surface area contributed by atoms with Gasteiger partial charge < -0.3 is 19.9 Å². The van der Waals surface area contributed by atoms with Gasteiger partial charge >= 0.3 is 5.97 Å². The van der Waals surface area contributed by atoms with Gasteiger partial charge in [0.1, 0.15) is 17.8 Å². The number of benzene rings is 1. The molecule has 1 atom stereocenters. The summed E-state index contributed by atoms with van der Waals surface area (Å²) in [6.45, 7) is 6.05. The van der Waals surface area contributed by atoms with Crippen LogP contribution in [0, 0.1) is 18.4 Å². The van der Waals surface area contributed by atoms with Crippen molar-refractivity contribution in [1.29, 1.82) is 5.26 Å². The smallest absolute Gasteiger partial charge is 0.335 e. The number of aryl methyl sites for hydroxylation is 1. The summed E-state index contributed by atoms with van der Waals surface area (Å²) >= 11 is 0. The number of fused-ring (bicyclic) bond motifs is 1. The van der Waals surface area contributed by atoms with Crippen molar-refractivity contribution >= 4 is 34.5 Å². The van der Waals surface area contributed by atoms with E-state index in [0.717, 1.165) is 22.4 Å². The molecule has 1 aliphatic heterocycles. The first kappa shape index (κ1) is 20.2. The number of aromatic nitrogens is 3. The second kappa shape index (κ2) is 8.31. The number of aromatic amines is 1. The lowest BCUT2D eigenvalue weighted by atomic mass is 10.1. The fraction of sp³-hybridized carbons (Fsp3) is 0.286. The van der Waals surface area contributed by atoms with Gasteiger partial charge in [-0.25, -0.2) is 19.8 Å². The summed E-state index contributed by atoms with van der Waals surface area (Å²) in [7, 11) is 0. The quantitative estimate of drug-likeness (QED) is 0.255. The molecule has 0 saturated carbocycles. The summed E-state index contributed by atoms with van der Waals surface area (Å²) in [5.74, 6) is 0.254. The number of nitriles is 1. The third kappa shape index (κ3) is 3.98. The summed E-state index contributed by atoms with van der Waals surface area (Å²) in [5, 5.41) is 22.1. The number of piperazine rings is 1. The number of H-pyrrole nitrogens is 1. The van der Waals surface area contributed by atoms with Crippen LogP contribution in [0.2, 0.25) is 0 Å². The van der Waals surface area contributed by atoms with Gasteiger partial charge in [0, 0.05) is 31.9 Å². The van der Waals surface area contributed by atoms with Gasteiger partial charge in [-0.1, -0.05) is 6.07 Å². The second-order valence-corrected chi connectivity index (χ2v) is 7.41. The Balaban J connectivity index is 1.59. The number of nitrogens with zero attached hydrogens (tertiary/aromatic N) is 6. The molecule has 2 aromatic heterocycles. The monoisotopic (exact) mass is 418 g/mol. The minimum Gasteiger partial charge on any atom is -0.478 e. The number of guanidine groups is 1. The first-order valence-corrected chi connectivity index (χ1v) is 9.85. The van der Waals surface area contributed by atoms with Crippen molar-refractivity contribution in [3.63, 3.8) is 0 Å². The van der Waals surface area contributed by atoms with Crippen LogP contribution in [0.3, 0.4) is 0 Å².